The first-order valence-electron chi connectivity index (χ1n) is 4.31. The highest BCUT2D eigenvalue weighted by Crippen LogP contribution is 2.20. The van der Waals surface area contributed by atoms with Gasteiger partial charge >= 0.3 is 0 Å². The second-order valence-electron chi connectivity index (χ2n) is 3.00. The van der Waals surface area contributed by atoms with E-state index in [4.69, 9.17) is 11.6 Å². The Hall–Kier alpha value is -1.41. The summed E-state index contributed by atoms with van der Waals surface area (Å²) in [7, 11) is 0. The lowest BCUT2D eigenvalue weighted by Crippen LogP contribution is -1.89. The zero-order chi connectivity index (χ0) is 9.97. The Morgan fingerprint density at radius 1 is 1.21 bits per heavy atom. The summed E-state index contributed by atoms with van der Waals surface area (Å²) in [6.45, 7) is 1.87. The molecule has 2 nitrogen and oxygen atoms in total. The molecule has 2 rings (SSSR count). The molecule has 0 N–H and O–H groups in total. The minimum atomic E-state index is 0.721. The van der Waals surface area contributed by atoms with Crippen molar-refractivity contribution in [2.75, 3.05) is 0 Å². The molecular formula is C11H9ClN2. The van der Waals surface area contributed by atoms with Crippen LogP contribution >= 0.6 is 11.6 Å². The minimum absolute atomic E-state index is 0.721. The van der Waals surface area contributed by atoms with Crippen molar-refractivity contribution in [2.45, 2.75) is 6.92 Å². The van der Waals surface area contributed by atoms with Crippen molar-refractivity contribution < 1.29 is 0 Å². The lowest BCUT2D eigenvalue weighted by molar-refractivity contribution is 1.06. The normalized spacial score (nSPS) is 10.1. The van der Waals surface area contributed by atoms with E-state index in [9.17, 15) is 0 Å². The predicted octanol–water partition coefficient (Wildman–Crippen LogP) is 3.11. The van der Waals surface area contributed by atoms with Crippen LogP contribution in [-0.4, -0.2) is 9.97 Å². The molecule has 0 aliphatic heterocycles. The van der Waals surface area contributed by atoms with Crippen LogP contribution in [0.15, 0.2) is 36.5 Å². The van der Waals surface area contributed by atoms with Gasteiger partial charge in [0, 0.05) is 16.8 Å². The first-order valence-corrected chi connectivity index (χ1v) is 4.69. The molecule has 0 fully saturated rings. The van der Waals surface area contributed by atoms with Gasteiger partial charge in [-0.25, -0.2) is 9.97 Å². The molecule has 0 aliphatic carbocycles. The van der Waals surface area contributed by atoms with Crippen molar-refractivity contribution in [3.8, 4) is 11.3 Å². The SMILES string of the molecule is Cc1nccc(-c2cccc(Cl)c2)n1. The number of halogens is 1. The van der Waals surface area contributed by atoms with E-state index in [1.807, 2.05) is 37.3 Å². The van der Waals surface area contributed by atoms with Crippen LogP contribution in [0.25, 0.3) is 11.3 Å². The number of benzene rings is 1. The van der Waals surface area contributed by atoms with Crippen molar-refractivity contribution in [2.24, 2.45) is 0 Å². The van der Waals surface area contributed by atoms with Gasteiger partial charge in [-0.3, -0.25) is 0 Å². The highest BCUT2D eigenvalue weighted by atomic mass is 35.5. The average Bonchev–Trinajstić information content (AvgIpc) is 2.18. The van der Waals surface area contributed by atoms with Crippen LogP contribution in [0.2, 0.25) is 5.02 Å². The molecule has 0 amide bonds. The van der Waals surface area contributed by atoms with Gasteiger partial charge in [0.05, 0.1) is 5.69 Å². The quantitative estimate of drug-likeness (QED) is 0.714. The number of aromatic nitrogens is 2. The fraction of sp³-hybridized carbons (Fsp3) is 0.0909. The highest BCUT2D eigenvalue weighted by Gasteiger charge is 1.99. The van der Waals surface area contributed by atoms with Crippen LogP contribution in [0, 0.1) is 6.92 Å². The van der Waals surface area contributed by atoms with Crippen molar-refractivity contribution in [3.05, 3.63) is 47.4 Å². The first kappa shape index (κ1) is 9.16. The van der Waals surface area contributed by atoms with Crippen LogP contribution in [-0.2, 0) is 0 Å². The summed E-state index contributed by atoms with van der Waals surface area (Å²) in [6, 6.07) is 9.50. The van der Waals surface area contributed by atoms with Crippen LogP contribution in [0.5, 0.6) is 0 Å². The lowest BCUT2D eigenvalue weighted by atomic mass is 10.1. The molecule has 3 heteroatoms. The summed E-state index contributed by atoms with van der Waals surface area (Å²) in [5.74, 6) is 0.766. The minimum Gasteiger partial charge on any atom is -0.242 e. The molecule has 2 aromatic rings. The first-order chi connectivity index (χ1) is 6.75. The lowest BCUT2D eigenvalue weighted by Gasteiger charge is -2.01. The molecule has 1 aromatic carbocycles. The van der Waals surface area contributed by atoms with Crippen LogP contribution in [0.1, 0.15) is 5.82 Å². The Labute approximate surface area is 87.6 Å². The largest absolute Gasteiger partial charge is 0.242 e. The van der Waals surface area contributed by atoms with Gasteiger partial charge in [-0.2, -0.15) is 0 Å². The van der Waals surface area contributed by atoms with E-state index >= 15 is 0 Å². The van der Waals surface area contributed by atoms with E-state index < -0.39 is 0 Å². The number of hydrogen-bond acceptors (Lipinski definition) is 2. The molecular weight excluding hydrogens is 196 g/mol. The smallest absolute Gasteiger partial charge is 0.125 e. The Morgan fingerprint density at radius 2 is 2.07 bits per heavy atom. The van der Waals surface area contributed by atoms with E-state index in [-0.39, 0.29) is 0 Å². The maximum Gasteiger partial charge on any atom is 0.125 e. The number of hydrogen-bond donors (Lipinski definition) is 0. The fourth-order valence-corrected chi connectivity index (χ4v) is 1.46. The van der Waals surface area contributed by atoms with E-state index in [0.717, 1.165) is 22.1 Å². The summed E-state index contributed by atoms with van der Waals surface area (Å²) in [6.07, 6.45) is 1.75. The Bertz CT molecular complexity index is 411. The third kappa shape index (κ3) is 1.91. The molecule has 70 valence electrons. The monoisotopic (exact) mass is 204 g/mol. The summed E-state index contributed by atoms with van der Waals surface area (Å²) in [5, 5.41) is 0.721. The zero-order valence-electron chi connectivity index (χ0n) is 7.74. The van der Waals surface area contributed by atoms with Gasteiger partial charge < -0.3 is 0 Å². The summed E-state index contributed by atoms with van der Waals surface area (Å²) in [4.78, 5) is 8.36. The molecule has 1 heterocycles. The van der Waals surface area contributed by atoms with Gasteiger partial charge in [0.2, 0.25) is 0 Å². The van der Waals surface area contributed by atoms with Crippen LogP contribution in [0.4, 0.5) is 0 Å². The molecule has 0 bridgehead atoms. The Balaban J connectivity index is 2.49. The molecule has 0 saturated carbocycles. The maximum absolute atomic E-state index is 5.89. The van der Waals surface area contributed by atoms with Gasteiger partial charge in [-0.05, 0) is 25.1 Å². The van der Waals surface area contributed by atoms with Crippen molar-refractivity contribution in [1.82, 2.24) is 9.97 Å². The Kier molecular flexibility index (Phi) is 2.46. The third-order valence-corrected chi connectivity index (χ3v) is 2.13. The molecule has 0 radical (unpaired) electrons. The number of rotatable bonds is 1. The molecule has 0 spiro atoms. The molecule has 1 aromatic heterocycles. The standard InChI is InChI=1S/C11H9ClN2/c1-8-13-6-5-11(14-8)9-3-2-4-10(12)7-9/h2-7H,1H3. The zero-order valence-corrected chi connectivity index (χ0v) is 8.49. The van der Waals surface area contributed by atoms with Crippen LogP contribution in [0.3, 0.4) is 0 Å². The number of aryl methyl sites for hydroxylation is 1. The molecule has 0 unspecified atom stereocenters. The summed E-state index contributed by atoms with van der Waals surface area (Å²) in [5.41, 5.74) is 1.92. The Morgan fingerprint density at radius 3 is 2.79 bits per heavy atom. The molecule has 0 saturated heterocycles. The average molecular weight is 205 g/mol. The third-order valence-electron chi connectivity index (χ3n) is 1.90. The predicted molar refractivity (Wildman–Crippen MR) is 57.2 cm³/mol. The summed E-state index contributed by atoms with van der Waals surface area (Å²) >= 11 is 5.89. The maximum atomic E-state index is 5.89. The van der Waals surface area contributed by atoms with E-state index in [0.29, 0.717) is 0 Å². The van der Waals surface area contributed by atoms with Gasteiger partial charge in [-0.1, -0.05) is 23.7 Å². The number of nitrogens with zero attached hydrogens (tertiary/aromatic N) is 2. The highest BCUT2D eigenvalue weighted by molar-refractivity contribution is 6.30. The van der Waals surface area contributed by atoms with E-state index in [1.165, 1.54) is 0 Å². The van der Waals surface area contributed by atoms with Crippen molar-refractivity contribution >= 4 is 11.6 Å². The van der Waals surface area contributed by atoms with Crippen molar-refractivity contribution in [3.63, 3.8) is 0 Å². The summed E-state index contributed by atoms with van der Waals surface area (Å²) < 4.78 is 0. The van der Waals surface area contributed by atoms with Gasteiger partial charge in [-0.15, -0.1) is 0 Å². The second kappa shape index (κ2) is 3.76. The molecule has 0 atom stereocenters. The van der Waals surface area contributed by atoms with E-state index in [2.05, 4.69) is 9.97 Å². The van der Waals surface area contributed by atoms with Gasteiger partial charge in [0.25, 0.3) is 0 Å². The van der Waals surface area contributed by atoms with Crippen molar-refractivity contribution in [1.29, 1.82) is 0 Å². The van der Waals surface area contributed by atoms with E-state index in [1.54, 1.807) is 6.20 Å². The second-order valence-corrected chi connectivity index (χ2v) is 3.44. The fourth-order valence-electron chi connectivity index (χ4n) is 1.26. The van der Waals surface area contributed by atoms with Gasteiger partial charge in [0.1, 0.15) is 5.82 Å². The molecule has 0 aliphatic rings. The topological polar surface area (TPSA) is 25.8 Å². The van der Waals surface area contributed by atoms with Crippen LogP contribution < -0.4 is 0 Å². The van der Waals surface area contributed by atoms with Gasteiger partial charge in [0.15, 0.2) is 0 Å². The molecule has 14 heavy (non-hydrogen) atoms.